The molecule has 0 saturated heterocycles. The number of nitrogens with one attached hydrogen (secondary N) is 1. The first-order valence-electron chi connectivity index (χ1n) is 4.73. The lowest BCUT2D eigenvalue weighted by Gasteiger charge is -1.97. The van der Waals surface area contributed by atoms with Crippen molar-refractivity contribution in [2.75, 3.05) is 0 Å². The van der Waals surface area contributed by atoms with Crippen LogP contribution in [-0.4, -0.2) is 19.6 Å². The number of nitrogens with zero attached hydrogens (tertiary/aromatic N) is 3. The average Bonchev–Trinajstić information content (AvgIpc) is 2.59. The highest BCUT2D eigenvalue weighted by Gasteiger charge is 2.05. The second kappa shape index (κ2) is 3.61. The fraction of sp³-hybridized carbons (Fsp3) is 0.444. The molecule has 2 aromatic rings. The molecule has 0 fully saturated rings. The monoisotopic (exact) mass is 192 g/mol. The van der Waals surface area contributed by atoms with Crippen LogP contribution in [-0.2, 0) is 6.42 Å². The molecule has 2 aromatic heterocycles. The standard InChI is InChI=1S/C9H12N4O/c1-2-3-4-8-10-5-7-6-11-12-9(14)13(7)8/h5-6H,2-4H2,1H3,(H,12,14). The molecule has 2 heterocycles. The van der Waals surface area contributed by atoms with Crippen LogP contribution in [0.4, 0.5) is 0 Å². The van der Waals surface area contributed by atoms with Crippen LogP contribution in [0.5, 0.6) is 0 Å². The summed E-state index contributed by atoms with van der Waals surface area (Å²) in [6.07, 6.45) is 6.24. The second-order valence-electron chi connectivity index (χ2n) is 3.21. The van der Waals surface area contributed by atoms with Crippen molar-refractivity contribution in [1.82, 2.24) is 19.6 Å². The fourth-order valence-corrected chi connectivity index (χ4v) is 1.45. The van der Waals surface area contributed by atoms with Gasteiger partial charge in [-0.1, -0.05) is 13.3 Å². The molecule has 0 amide bonds. The average molecular weight is 192 g/mol. The summed E-state index contributed by atoms with van der Waals surface area (Å²) < 4.78 is 1.57. The van der Waals surface area contributed by atoms with E-state index in [0.29, 0.717) is 0 Å². The second-order valence-corrected chi connectivity index (χ2v) is 3.21. The van der Waals surface area contributed by atoms with Crippen LogP contribution in [0.25, 0.3) is 5.52 Å². The minimum Gasteiger partial charge on any atom is -0.246 e. The first-order chi connectivity index (χ1) is 6.83. The van der Waals surface area contributed by atoms with E-state index in [0.717, 1.165) is 30.6 Å². The van der Waals surface area contributed by atoms with E-state index >= 15 is 0 Å². The topological polar surface area (TPSA) is 63.0 Å². The summed E-state index contributed by atoms with van der Waals surface area (Å²) in [4.78, 5) is 15.6. The van der Waals surface area contributed by atoms with E-state index < -0.39 is 0 Å². The smallest absolute Gasteiger partial charge is 0.246 e. The minimum atomic E-state index is -0.217. The highest BCUT2D eigenvalue weighted by atomic mass is 16.1. The molecule has 2 rings (SSSR count). The third-order valence-corrected chi connectivity index (χ3v) is 2.18. The van der Waals surface area contributed by atoms with Crippen molar-refractivity contribution in [2.45, 2.75) is 26.2 Å². The van der Waals surface area contributed by atoms with Crippen molar-refractivity contribution in [3.8, 4) is 0 Å². The number of fused-ring (bicyclic) bond motifs is 1. The van der Waals surface area contributed by atoms with Crippen molar-refractivity contribution in [2.24, 2.45) is 0 Å². The Hall–Kier alpha value is -1.65. The van der Waals surface area contributed by atoms with Crippen LogP contribution in [0.15, 0.2) is 17.2 Å². The first-order valence-corrected chi connectivity index (χ1v) is 4.73. The van der Waals surface area contributed by atoms with Crippen LogP contribution in [0, 0.1) is 0 Å². The maximum absolute atomic E-state index is 11.4. The lowest BCUT2D eigenvalue weighted by atomic mass is 10.2. The Morgan fingerprint density at radius 2 is 2.36 bits per heavy atom. The molecule has 5 heteroatoms. The molecule has 0 bridgehead atoms. The summed E-state index contributed by atoms with van der Waals surface area (Å²) in [6.45, 7) is 2.11. The molecular weight excluding hydrogens is 180 g/mol. The number of imidazole rings is 1. The van der Waals surface area contributed by atoms with E-state index in [1.807, 2.05) is 0 Å². The van der Waals surface area contributed by atoms with Gasteiger partial charge in [-0.25, -0.2) is 19.3 Å². The van der Waals surface area contributed by atoms with Crippen molar-refractivity contribution in [3.63, 3.8) is 0 Å². The highest BCUT2D eigenvalue weighted by Crippen LogP contribution is 2.04. The van der Waals surface area contributed by atoms with Gasteiger partial charge in [-0.15, -0.1) is 0 Å². The van der Waals surface area contributed by atoms with Gasteiger partial charge in [0.2, 0.25) is 0 Å². The normalized spacial score (nSPS) is 10.9. The maximum Gasteiger partial charge on any atom is 0.347 e. The largest absolute Gasteiger partial charge is 0.347 e. The molecule has 0 spiro atoms. The molecule has 0 atom stereocenters. The number of aromatic nitrogens is 4. The Bertz CT molecular complexity index is 485. The van der Waals surface area contributed by atoms with E-state index in [4.69, 9.17) is 0 Å². The zero-order chi connectivity index (χ0) is 9.97. The van der Waals surface area contributed by atoms with Gasteiger partial charge >= 0.3 is 5.69 Å². The van der Waals surface area contributed by atoms with Gasteiger partial charge in [-0.2, -0.15) is 5.10 Å². The summed E-state index contributed by atoms with van der Waals surface area (Å²) in [6, 6.07) is 0. The lowest BCUT2D eigenvalue weighted by molar-refractivity contribution is 0.732. The number of hydrogen-bond donors (Lipinski definition) is 1. The van der Waals surface area contributed by atoms with Gasteiger partial charge < -0.3 is 0 Å². The third kappa shape index (κ3) is 1.41. The highest BCUT2D eigenvalue weighted by molar-refractivity contribution is 5.42. The molecular formula is C9H12N4O. The Morgan fingerprint density at radius 3 is 3.14 bits per heavy atom. The summed E-state index contributed by atoms with van der Waals surface area (Å²) in [5.74, 6) is 0.811. The summed E-state index contributed by atoms with van der Waals surface area (Å²) in [5, 5.41) is 6.10. The zero-order valence-corrected chi connectivity index (χ0v) is 8.03. The SMILES string of the molecule is CCCCc1ncc2cn[nH]c(=O)n12. The Balaban J connectivity index is 2.50. The molecule has 0 saturated carbocycles. The number of rotatable bonds is 3. The van der Waals surface area contributed by atoms with Crippen LogP contribution >= 0.6 is 0 Å². The Morgan fingerprint density at radius 1 is 1.50 bits per heavy atom. The maximum atomic E-state index is 11.4. The fourth-order valence-electron chi connectivity index (χ4n) is 1.45. The minimum absolute atomic E-state index is 0.217. The van der Waals surface area contributed by atoms with E-state index in [2.05, 4.69) is 22.1 Å². The third-order valence-electron chi connectivity index (χ3n) is 2.18. The van der Waals surface area contributed by atoms with Gasteiger partial charge in [0, 0.05) is 6.42 Å². The molecule has 0 aliphatic carbocycles. The zero-order valence-electron chi connectivity index (χ0n) is 8.03. The molecule has 0 aliphatic heterocycles. The Labute approximate surface area is 80.8 Å². The number of unbranched alkanes of at least 4 members (excludes halogenated alkanes) is 1. The molecule has 14 heavy (non-hydrogen) atoms. The predicted molar refractivity (Wildman–Crippen MR) is 52.2 cm³/mol. The van der Waals surface area contributed by atoms with Gasteiger partial charge in [-0.05, 0) is 6.42 Å². The lowest BCUT2D eigenvalue weighted by Crippen LogP contribution is -2.19. The van der Waals surface area contributed by atoms with E-state index in [-0.39, 0.29) is 5.69 Å². The van der Waals surface area contributed by atoms with Crippen LogP contribution in [0.1, 0.15) is 25.6 Å². The van der Waals surface area contributed by atoms with Gasteiger partial charge in [0.25, 0.3) is 0 Å². The van der Waals surface area contributed by atoms with Gasteiger partial charge in [0.1, 0.15) is 5.82 Å². The molecule has 0 aliphatic rings. The van der Waals surface area contributed by atoms with Crippen molar-refractivity contribution < 1.29 is 0 Å². The number of H-pyrrole nitrogens is 1. The van der Waals surface area contributed by atoms with Crippen LogP contribution in [0.3, 0.4) is 0 Å². The molecule has 74 valence electrons. The van der Waals surface area contributed by atoms with Gasteiger partial charge in [0.15, 0.2) is 0 Å². The molecule has 5 nitrogen and oxygen atoms in total. The summed E-state index contributed by atoms with van der Waals surface area (Å²) in [7, 11) is 0. The van der Waals surface area contributed by atoms with E-state index in [1.54, 1.807) is 16.8 Å². The van der Waals surface area contributed by atoms with Crippen LogP contribution < -0.4 is 5.69 Å². The number of hydrogen-bond acceptors (Lipinski definition) is 3. The Kier molecular flexibility index (Phi) is 2.30. The quantitative estimate of drug-likeness (QED) is 0.780. The van der Waals surface area contributed by atoms with Crippen LogP contribution in [0.2, 0.25) is 0 Å². The van der Waals surface area contributed by atoms with Crippen molar-refractivity contribution in [3.05, 3.63) is 28.7 Å². The van der Waals surface area contributed by atoms with Crippen molar-refractivity contribution in [1.29, 1.82) is 0 Å². The van der Waals surface area contributed by atoms with Gasteiger partial charge in [-0.3, -0.25) is 0 Å². The summed E-state index contributed by atoms with van der Waals surface area (Å²) in [5.41, 5.74) is 0.533. The molecule has 0 aromatic carbocycles. The molecule has 0 unspecified atom stereocenters. The van der Waals surface area contributed by atoms with E-state index in [9.17, 15) is 4.79 Å². The number of aromatic amines is 1. The molecule has 0 radical (unpaired) electrons. The number of aryl methyl sites for hydroxylation is 1. The van der Waals surface area contributed by atoms with Crippen molar-refractivity contribution >= 4 is 5.52 Å². The predicted octanol–water partition coefficient (Wildman–Crippen LogP) is 0.760. The van der Waals surface area contributed by atoms with Gasteiger partial charge in [0.05, 0.1) is 17.9 Å². The molecule has 1 N–H and O–H groups in total. The van der Waals surface area contributed by atoms with E-state index in [1.165, 1.54) is 0 Å². The summed E-state index contributed by atoms with van der Waals surface area (Å²) >= 11 is 0. The first kappa shape index (κ1) is 8.93.